The van der Waals surface area contributed by atoms with E-state index in [-0.39, 0.29) is 17.4 Å². The molecule has 2 aromatic rings. The lowest BCUT2D eigenvalue weighted by Crippen LogP contribution is -2.57. The Morgan fingerprint density at radius 2 is 1.73 bits per heavy atom. The molecule has 174 valence electrons. The predicted molar refractivity (Wildman–Crippen MR) is 126 cm³/mol. The second-order valence-electron chi connectivity index (χ2n) is 11.0. The molecule has 1 aromatic carbocycles. The summed E-state index contributed by atoms with van der Waals surface area (Å²) in [6, 6.07) is 9.73. The van der Waals surface area contributed by atoms with Gasteiger partial charge < -0.3 is 10.2 Å². The van der Waals surface area contributed by atoms with Crippen molar-refractivity contribution in [3.63, 3.8) is 0 Å². The van der Waals surface area contributed by atoms with Crippen LogP contribution in [0.2, 0.25) is 0 Å². The number of carbonyl (C=O) groups excluding carboxylic acids is 2. The molecule has 4 aliphatic carbocycles. The number of rotatable bonds is 6. The van der Waals surface area contributed by atoms with Gasteiger partial charge in [0.25, 0.3) is 0 Å². The van der Waals surface area contributed by atoms with Crippen LogP contribution >= 0.6 is 0 Å². The summed E-state index contributed by atoms with van der Waals surface area (Å²) < 4.78 is 1.86. The zero-order valence-electron chi connectivity index (χ0n) is 19.3. The maximum Gasteiger partial charge on any atom is 0.242 e. The van der Waals surface area contributed by atoms with E-state index in [4.69, 9.17) is 0 Å². The fraction of sp³-hybridized carbons (Fsp3) is 0.593. The molecule has 1 saturated heterocycles. The molecule has 6 heteroatoms. The highest BCUT2D eigenvalue weighted by Gasteiger charge is 2.56. The molecule has 2 heterocycles. The number of amides is 2. The highest BCUT2D eigenvalue weighted by molar-refractivity contribution is 5.91. The van der Waals surface area contributed by atoms with Crippen molar-refractivity contribution in [1.82, 2.24) is 20.0 Å². The van der Waals surface area contributed by atoms with Crippen LogP contribution in [0.3, 0.4) is 0 Å². The third kappa shape index (κ3) is 3.87. The molecule has 0 spiro atoms. The van der Waals surface area contributed by atoms with Crippen molar-refractivity contribution in [1.29, 1.82) is 0 Å². The minimum atomic E-state index is -0.294. The zero-order valence-corrected chi connectivity index (χ0v) is 19.3. The first-order chi connectivity index (χ1) is 16.1. The zero-order chi connectivity index (χ0) is 22.4. The minimum Gasteiger partial charge on any atom is -0.354 e. The van der Waals surface area contributed by atoms with E-state index < -0.39 is 0 Å². The van der Waals surface area contributed by atoms with Crippen molar-refractivity contribution >= 4 is 11.8 Å². The number of hydrogen-bond acceptors (Lipinski definition) is 3. The molecule has 1 N–H and O–H groups in total. The second-order valence-corrected chi connectivity index (χ2v) is 11.0. The van der Waals surface area contributed by atoms with Crippen molar-refractivity contribution < 1.29 is 9.59 Å². The topological polar surface area (TPSA) is 67.2 Å². The molecule has 4 bridgehead atoms. The summed E-state index contributed by atoms with van der Waals surface area (Å²) in [7, 11) is 0. The first-order valence-electron chi connectivity index (χ1n) is 12.8. The van der Waals surface area contributed by atoms with Crippen molar-refractivity contribution in [2.75, 3.05) is 13.1 Å². The fourth-order valence-electron chi connectivity index (χ4n) is 7.62. The Bertz CT molecular complexity index is 994. The van der Waals surface area contributed by atoms with Gasteiger partial charge in [-0.3, -0.25) is 9.59 Å². The Morgan fingerprint density at radius 1 is 1.03 bits per heavy atom. The summed E-state index contributed by atoms with van der Waals surface area (Å²) in [5.41, 5.74) is 1.95. The van der Waals surface area contributed by atoms with Gasteiger partial charge in [-0.2, -0.15) is 5.10 Å². The molecule has 7 rings (SSSR count). The van der Waals surface area contributed by atoms with Gasteiger partial charge in [0.2, 0.25) is 11.8 Å². The number of nitrogens with zero attached hydrogens (tertiary/aromatic N) is 3. The molecule has 6 nitrogen and oxygen atoms in total. The lowest BCUT2D eigenvalue weighted by atomic mass is 9.49. The molecule has 33 heavy (non-hydrogen) atoms. The van der Waals surface area contributed by atoms with Gasteiger partial charge in [-0.1, -0.05) is 18.2 Å². The van der Waals surface area contributed by atoms with Crippen LogP contribution in [0, 0.1) is 23.2 Å². The van der Waals surface area contributed by atoms with Gasteiger partial charge >= 0.3 is 0 Å². The van der Waals surface area contributed by atoms with E-state index in [0.717, 1.165) is 74.1 Å². The second kappa shape index (κ2) is 8.30. The Morgan fingerprint density at radius 3 is 2.42 bits per heavy atom. The summed E-state index contributed by atoms with van der Waals surface area (Å²) >= 11 is 0. The lowest BCUT2D eigenvalue weighted by Gasteiger charge is -2.56. The normalized spacial score (nSPS) is 32.3. The number of benzene rings is 1. The number of carbonyl (C=O) groups is 2. The monoisotopic (exact) mass is 446 g/mol. The molecule has 1 unspecified atom stereocenters. The third-order valence-electron chi connectivity index (χ3n) is 8.68. The molecular weight excluding hydrogens is 412 g/mol. The van der Waals surface area contributed by atoms with E-state index >= 15 is 0 Å². The Kier molecular flexibility index (Phi) is 5.27. The standard InChI is InChI=1S/C27H34N4O2/c32-25(28-9-8-19-17-29-31(18-19)23-5-2-1-3-6-23)24-7-4-10-30(24)26(33)27-14-20-11-21(15-27)13-22(12-20)16-27/h1-3,5-6,17-18,20-22,24H,4,7-16H2,(H,28,32). The predicted octanol–water partition coefficient (Wildman–Crippen LogP) is 3.74. The van der Waals surface area contributed by atoms with Crippen LogP contribution < -0.4 is 5.32 Å². The van der Waals surface area contributed by atoms with E-state index in [9.17, 15) is 9.59 Å². The average molecular weight is 447 g/mol. The Balaban J connectivity index is 1.06. The van der Waals surface area contributed by atoms with Crippen LogP contribution in [0.5, 0.6) is 0 Å². The van der Waals surface area contributed by atoms with Crippen molar-refractivity contribution in [3.8, 4) is 5.69 Å². The van der Waals surface area contributed by atoms with Gasteiger partial charge in [-0.15, -0.1) is 0 Å². The first-order valence-corrected chi connectivity index (χ1v) is 12.8. The Hall–Kier alpha value is -2.63. The SMILES string of the molecule is O=C(NCCc1cnn(-c2ccccc2)c1)C1CCCN1C(=O)C12CC3CC(CC(C3)C1)C2. The summed E-state index contributed by atoms with van der Waals surface area (Å²) in [5, 5.41) is 7.55. The maximum atomic E-state index is 13.8. The van der Waals surface area contributed by atoms with E-state index in [1.165, 1.54) is 19.3 Å². The van der Waals surface area contributed by atoms with E-state index in [2.05, 4.69) is 10.4 Å². The Labute approximate surface area is 195 Å². The van der Waals surface area contributed by atoms with Crippen LogP contribution in [0.25, 0.3) is 5.69 Å². The van der Waals surface area contributed by atoms with Crippen LogP contribution in [0.1, 0.15) is 56.9 Å². The van der Waals surface area contributed by atoms with E-state index in [1.54, 1.807) is 0 Å². The molecule has 4 saturated carbocycles. The smallest absolute Gasteiger partial charge is 0.242 e. The average Bonchev–Trinajstić information content (AvgIpc) is 3.48. The summed E-state index contributed by atoms with van der Waals surface area (Å²) in [6.07, 6.45) is 13.5. The van der Waals surface area contributed by atoms with Crippen molar-refractivity contribution in [3.05, 3.63) is 48.3 Å². The van der Waals surface area contributed by atoms with Crippen LogP contribution in [0.15, 0.2) is 42.7 Å². The molecular formula is C27H34N4O2. The fourth-order valence-corrected chi connectivity index (χ4v) is 7.62. The summed E-state index contributed by atoms with van der Waals surface area (Å²) in [6.45, 7) is 1.30. The molecule has 0 radical (unpaired) electrons. The largest absolute Gasteiger partial charge is 0.354 e. The summed E-state index contributed by atoms with van der Waals surface area (Å²) in [5.74, 6) is 2.54. The van der Waals surface area contributed by atoms with Gasteiger partial charge in [0.1, 0.15) is 6.04 Å². The lowest BCUT2D eigenvalue weighted by molar-refractivity contribution is -0.160. The summed E-state index contributed by atoms with van der Waals surface area (Å²) in [4.78, 5) is 28.8. The third-order valence-corrected chi connectivity index (χ3v) is 8.68. The molecule has 1 aliphatic heterocycles. The van der Waals surface area contributed by atoms with Gasteiger partial charge in [0.15, 0.2) is 0 Å². The van der Waals surface area contributed by atoms with Gasteiger partial charge in [0, 0.05) is 19.3 Å². The highest BCUT2D eigenvalue weighted by atomic mass is 16.2. The van der Waals surface area contributed by atoms with E-state index in [1.807, 2.05) is 52.3 Å². The van der Waals surface area contributed by atoms with Crippen LogP contribution in [0.4, 0.5) is 0 Å². The quantitative estimate of drug-likeness (QED) is 0.735. The van der Waals surface area contributed by atoms with Crippen LogP contribution in [-0.4, -0.2) is 45.6 Å². The van der Waals surface area contributed by atoms with Crippen LogP contribution in [-0.2, 0) is 16.0 Å². The molecule has 5 fully saturated rings. The highest BCUT2D eigenvalue weighted by Crippen LogP contribution is 2.60. The van der Waals surface area contributed by atoms with E-state index in [0.29, 0.717) is 12.5 Å². The number of hydrogen-bond donors (Lipinski definition) is 1. The number of para-hydroxylation sites is 1. The molecule has 1 aromatic heterocycles. The van der Waals surface area contributed by atoms with Gasteiger partial charge in [-0.25, -0.2) is 4.68 Å². The molecule has 2 amide bonds. The molecule has 1 atom stereocenters. The van der Waals surface area contributed by atoms with Gasteiger partial charge in [-0.05, 0) is 93.2 Å². The number of likely N-dealkylation sites (tertiary alicyclic amines) is 1. The number of nitrogens with one attached hydrogen (secondary N) is 1. The van der Waals surface area contributed by atoms with Crippen molar-refractivity contribution in [2.45, 2.75) is 63.8 Å². The first kappa shape index (κ1) is 20.9. The van der Waals surface area contributed by atoms with Gasteiger partial charge in [0.05, 0.1) is 17.3 Å². The maximum absolute atomic E-state index is 13.8. The number of aromatic nitrogens is 2. The minimum absolute atomic E-state index is 0.0148. The molecule has 5 aliphatic rings. The van der Waals surface area contributed by atoms with Crippen molar-refractivity contribution in [2.24, 2.45) is 23.2 Å².